The summed E-state index contributed by atoms with van der Waals surface area (Å²) < 4.78 is 19.0. The van der Waals surface area contributed by atoms with Crippen LogP contribution in [0.15, 0.2) is 18.2 Å². The van der Waals surface area contributed by atoms with Crippen LogP contribution in [-0.4, -0.2) is 19.3 Å². The van der Waals surface area contributed by atoms with E-state index in [0.29, 0.717) is 0 Å². The van der Waals surface area contributed by atoms with Crippen LogP contribution in [0.4, 0.5) is 4.39 Å². The van der Waals surface area contributed by atoms with E-state index >= 15 is 0 Å². The van der Waals surface area contributed by atoms with Crippen LogP contribution in [0.5, 0.6) is 0 Å². The van der Waals surface area contributed by atoms with Crippen molar-refractivity contribution < 1.29 is 9.13 Å². The van der Waals surface area contributed by atoms with Crippen LogP contribution in [-0.2, 0) is 4.74 Å². The van der Waals surface area contributed by atoms with Gasteiger partial charge in [0.15, 0.2) is 0 Å². The molecule has 0 aromatic heterocycles. The van der Waals surface area contributed by atoms with Crippen molar-refractivity contribution in [2.24, 2.45) is 0 Å². The molecule has 1 atom stereocenters. The number of aryl methyl sites for hydroxylation is 1. The Morgan fingerprint density at radius 2 is 2.06 bits per heavy atom. The molecular formula is C15H24FNO. The van der Waals surface area contributed by atoms with E-state index in [1.807, 2.05) is 26.8 Å². The number of halogens is 1. The van der Waals surface area contributed by atoms with Gasteiger partial charge in [-0.15, -0.1) is 0 Å². The van der Waals surface area contributed by atoms with Gasteiger partial charge in [-0.25, -0.2) is 4.39 Å². The van der Waals surface area contributed by atoms with Crippen molar-refractivity contribution in [2.75, 3.05) is 13.7 Å². The molecule has 18 heavy (non-hydrogen) atoms. The van der Waals surface area contributed by atoms with Gasteiger partial charge in [0.1, 0.15) is 5.82 Å². The predicted octanol–water partition coefficient (Wildman–Crippen LogP) is 3.60. The first-order valence-electron chi connectivity index (χ1n) is 6.47. The lowest BCUT2D eigenvalue weighted by Crippen LogP contribution is -2.41. The second kappa shape index (κ2) is 6.30. The van der Waals surface area contributed by atoms with Crippen LogP contribution in [0.2, 0.25) is 0 Å². The number of nitrogens with one attached hydrogen (secondary N) is 1. The minimum Gasteiger partial charge on any atom is -0.377 e. The standard InChI is InChI=1S/C15H24FNO/c1-6-9-17-14(15(3,4)18-5)13-10-12(16)8-7-11(13)2/h7-8,10,14,17H,6,9H2,1-5H3. The average molecular weight is 253 g/mol. The van der Waals surface area contributed by atoms with Gasteiger partial charge in [0, 0.05) is 7.11 Å². The molecule has 0 spiro atoms. The summed E-state index contributed by atoms with van der Waals surface area (Å²) in [5.41, 5.74) is 1.67. The summed E-state index contributed by atoms with van der Waals surface area (Å²) >= 11 is 0. The van der Waals surface area contributed by atoms with Gasteiger partial charge in [0.25, 0.3) is 0 Å². The molecular weight excluding hydrogens is 229 g/mol. The second-order valence-electron chi connectivity index (χ2n) is 5.20. The fourth-order valence-corrected chi connectivity index (χ4v) is 2.06. The van der Waals surface area contributed by atoms with E-state index in [0.717, 1.165) is 24.1 Å². The molecule has 0 aliphatic rings. The Hall–Kier alpha value is -0.930. The van der Waals surface area contributed by atoms with Gasteiger partial charge in [-0.05, 0) is 57.0 Å². The fourth-order valence-electron chi connectivity index (χ4n) is 2.06. The highest BCUT2D eigenvalue weighted by atomic mass is 19.1. The van der Waals surface area contributed by atoms with E-state index in [9.17, 15) is 4.39 Å². The molecule has 1 unspecified atom stereocenters. The Balaban J connectivity index is 3.12. The molecule has 102 valence electrons. The second-order valence-corrected chi connectivity index (χ2v) is 5.20. The number of hydrogen-bond donors (Lipinski definition) is 1. The molecule has 0 aliphatic carbocycles. The Morgan fingerprint density at radius 1 is 1.39 bits per heavy atom. The first kappa shape index (κ1) is 15.1. The highest BCUT2D eigenvalue weighted by molar-refractivity contribution is 5.31. The first-order chi connectivity index (χ1) is 8.42. The molecule has 1 aromatic carbocycles. The lowest BCUT2D eigenvalue weighted by molar-refractivity contribution is -0.0113. The molecule has 0 radical (unpaired) electrons. The third kappa shape index (κ3) is 3.53. The van der Waals surface area contributed by atoms with Crippen LogP contribution < -0.4 is 5.32 Å². The highest BCUT2D eigenvalue weighted by Gasteiger charge is 2.31. The number of benzene rings is 1. The van der Waals surface area contributed by atoms with Crippen molar-refractivity contribution in [3.05, 3.63) is 35.1 Å². The Labute approximate surface area is 110 Å². The smallest absolute Gasteiger partial charge is 0.123 e. The Morgan fingerprint density at radius 3 is 2.61 bits per heavy atom. The lowest BCUT2D eigenvalue weighted by Gasteiger charge is -2.35. The minimum absolute atomic E-state index is 0.0156. The van der Waals surface area contributed by atoms with Crippen molar-refractivity contribution >= 4 is 0 Å². The third-order valence-electron chi connectivity index (χ3n) is 3.37. The maximum Gasteiger partial charge on any atom is 0.123 e. The SMILES string of the molecule is CCCNC(c1cc(F)ccc1C)C(C)(C)OC. The largest absolute Gasteiger partial charge is 0.377 e. The van der Waals surface area contributed by atoms with Gasteiger partial charge < -0.3 is 10.1 Å². The molecule has 1 aromatic rings. The van der Waals surface area contributed by atoms with E-state index < -0.39 is 0 Å². The van der Waals surface area contributed by atoms with Crippen LogP contribution >= 0.6 is 0 Å². The zero-order chi connectivity index (χ0) is 13.8. The van der Waals surface area contributed by atoms with E-state index in [4.69, 9.17) is 4.74 Å². The molecule has 0 bridgehead atoms. The molecule has 0 saturated heterocycles. The number of methoxy groups -OCH3 is 1. The summed E-state index contributed by atoms with van der Waals surface area (Å²) in [4.78, 5) is 0. The molecule has 0 aliphatic heterocycles. The van der Waals surface area contributed by atoms with Gasteiger partial charge in [-0.1, -0.05) is 13.0 Å². The van der Waals surface area contributed by atoms with Crippen molar-refractivity contribution in [1.29, 1.82) is 0 Å². The molecule has 0 amide bonds. The molecule has 1 rings (SSSR count). The monoisotopic (exact) mass is 253 g/mol. The average Bonchev–Trinajstić information content (AvgIpc) is 2.33. The maximum atomic E-state index is 13.5. The van der Waals surface area contributed by atoms with E-state index in [2.05, 4.69) is 12.2 Å². The molecule has 0 heterocycles. The summed E-state index contributed by atoms with van der Waals surface area (Å²) in [5.74, 6) is -0.203. The molecule has 0 fully saturated rings. The van der Waals surface area contributed by atoms with Crippen LogP contribution in [0.25, 0.3) is 0 Å². The van der Waals surface area contributed by atoms with Crippen LogP contribution in [0, 0.1) is 12.7 Å². The van der Waals surface area contributed by atoms with Crippen LogP contribution in [0.3, 0.4) is 0 Å². The first-order valence-corrected chi connectivity index (χ1v) is 6.47. The summed E-state index contributed by atoms with van der Waals surface area (Å²) in [6.45, 7) is 9.03. The maximum absolute atomic E-state index is 13.5. The van der Waals surface area contributed by atoms with Crippen LogP contribution in [0.1, 0.15) is 44.4 Å². The van der Waals surface area contributed by atoms with Crippen molar-refractivity contribution in [1.82, 2.24) is 5.32 Å². The summed E-state index contributed by atoms with van der Waals surface area (Å²) in [5, 5.41) is 3.45. The minimum atomic E-state index is -0.381. The zero-order valence-electron chi connectivity index (χ0n) is 12.0. The van der Waals surface area contributed by atoms with E-state index in [1.54, 1.807) is 13.2 Å². The molecule has 3 heteroatoms. The zero-order valence-corrected chi connectivity index (χ0v) is 12.0. The number of ether oxygens (including phenoxy) is 1. The van der Waals surface area contributed by atoms with E-state index in [-0.39, 0.29) is 17.5 Å². The summed E-state index contributed by atoms with van der Waals surface area (Å²) in [6, 6.07) is 4.90. The normalized spacial score (nSPS) is 13.7. The number of hydrogen-bond acceptors (Lipinski definition) is 2. The van der Waals surface area contributed by atoms with Crippen molar-refractivity contribution in [2.45, 2.75) is 45.8 Å². The Bertz CT molecular complexity index is 390. The Kier molecular flexibility index (Phi) is 5.29. The highest BCUT2D eigenvalue weighted by Crippen LogP contribution is 2.30. The molecule has 0 saturated carbocycles. The van der Waals surface area contributed by atoms with Gasteiger partial charge in [-0.3, -0.25) is 0 Å². The van der Waals surface area contributed by atoms with Crippen molar-refractivity contribution in [3.8, 4) is 0 Å². The molecule has 1 N–H and O–H groups in total. The lowest BCUT2D eigenvalue weighted by atomic mass is 9.88. The fraction of sp³-hybridized carbons (Fsp3) is 0.600. The summed E-state index contributed by atoms with van der Waals surface area (Å²) in [7, 11) is 1.69. The van der Waals surface area contributed by atoms with Gasteiger partial charge in [0.2, 0.25) is 0 Å². The number of rotatable bonds is 6. The van der Waals surface area contributed by atoms with Gasteiger partial charge >= 0.3 is 0 Å². The van der Waals surface area contributed by atoms with E-state index in [1.165, 1.54) is 6.07 Å². The third-order valence-corrected chi connectivity index (χ3v) is 3.37. The van der Waals surface area contributed by atoms with Gasteiger partial charge in [-0.2, -0.15) is 0 Å². The summed E-state index contributed by atoms with van der Waals surface area (Å²) in [6.07, 6.45) is 1.03. The predicted molar refractivity (Wildman–Crippen MR) is 73.3 cm³/mol. The molecule has 2 nitrogen and oxygen atoms in total. The van der Waals surface area contributed by atoms with Gasteiger partial charge in [0.05, 0.1) is 11.6 Å². The van der Waals surface area contributed by atoms with Crippen molar-refractivity contribution in [3.63, 3.8) is 0 Å². The quantitative estimate of drug-likeness (QED) is 0.836. The topological polar surface area (TPSA) is 21.3 Å².